The molecule has 1 atom stereocenters. The number of carbonyl (C=O) groups excluding carboxylic acids is 3. The molecule has 0 radical (unpaired) electrons. The smallest absolute Gasteiger partial charge is 0.273 e. The van der Waals surface area contributed by atoms with Gasteiger partial charge in [-0.3, -0.25) is 19.3 Å². The van der Waals surface area contributed by atoms with Gasteiger partial charge >= 0.3 is 0 Å². The molecule has 0 bridgehead atoms. The fourth-order valence-electron chi connectivity index (χ4n) is 4.31. The molecule has 1 aromatic carbocycles. The van der Waals surface area contributed by atoms with E-state index in [9.17, 15) is 14.4 Å². The summed E-state index contributed by atoms with van der Waals surface area (Å²) in [6.45, 7) is 4.18. The van der Waals surface area contributed by atoms with Crippen molar-refractivity contribution in [2.24, 2.45) is 5.73 Å². The maximum absolute atomic E-state index is 14.0. The Morgan fingerprint density at radius 2 is 1.80 bits per heavy atom. The lowest BCUT2D eigenvalue weighted by molar-refractivity contribution is -0.123. The molecular formula is C25H29N5O3S2. The quantitative estimate of drug-likeness (QED) is 0.411. The van der Waals surface area contributed by atoms with Crippen molar-refractivity contribution in [1.82, 2.24) is 9.69 Å². The molecule has 5 N–H and O–H groups in total. The maximum Gasteiger partial charge on any atom is 0.273 e. The van der Waals surface area contributed by atoms with Crippen molar-refractivity contribution in [1.29, 1.82) is 0 Å². The molecule has 4 rings (SSSR count). The Kier molecular flexibility index (Phi) is 7.51. The molecule has 0 saturated heterocycles. The van der Waals surface area contributed by atoms with Gasteiger partial charge in [-0.05, 0) is 59.4 Å². The van der Waals surface area contributed by atoms with Crippen molar-refractivity contribution >= 4 is 52.0 Å². The van der Waals surface area contributed by atoms with Crippen molar-refractivity contribution in [3.05, 3.63) is 62.8 Å². The van der Waals surface area contributed by atoms with Crippen molar-refractivity contribution < 1.29 is 14.4 Å². The molecule has 184 valence electrons. The summed E-state index contributed by atoms with van der Waals surface area (Å²) in [7, 11) is 0. The van der Waals surface area contributed by atoms with Gasteiger partial charge in [0.1, 0.15) is 4.88 Å². The number of nitrogens with two attached hydrogens (primary N) is 2. The topological polar surface area (TPSA) is 131 Å². The minimum Gasteiger partial charge on any atom is -0.395 e. The molecule has 10 heteroatoms. The van der Waals surface area contributed by atoms with Gasteiger partial charge in [0.05, 0.1) is 5.69 Å². The molecule has 1 aliphatic carbocycles. The van der Waals surface area contributed by atoms with Gasteiger partial charge in [0.25, 0.3) is 11.8 Å². The van der Waals surface area contributed by atoms with E-state index in [1.165, 1.54) is 16.2 Å². The van der Waals surface area contributed by atoms with E-state index in [-0.39, 0.29) is 28.2 Å². The van der Waals surface area contributed by atoms with Gasteiger partial charge in [0.15, 0.2) is 11.7 Å². The van der Waals surface area contributed by atoms with E-state index in [0.29, 0.717) is 11.6 Å². The van der Waals surface area contributed by atoms with Crippen LogP contribution in [0, 0.1) is 0 Å². The van der Waals surface area contributed by atoms with Crippen LogP contribution in [0.4, 0.5) is 11.4 Å². The van der Waals surface area contributed by atoms with Crippen LogP contribution >= 0.6 is 22.9 Å². The van der Waals surface area contributed by atoms with Crippen LogP contribution in [0.2, 0.25) is 0 Å². The number of hydrogen-bond acceptors (Lipinski definition) is 7. The third-order valence-electron chi connectivity index (χ3n) is 6.23. The lowest BCUT2D eigenvalue weighted by Gasteiger charge is -2.31. The minimum atomic E-state index is -0.911. The van der Waals surface area contributed by atoms with E-state index in [1.54, 1.807) is 0 Å². The molecule has 0 aliphatic heterocycles. The van der Waals surface area contributed by atoms with Crippen LogP contribution in [0.3, 0.4) is 0 Å². The number of amides is 3. The predicted octanol–water partition coefficient (Wildman–Crippen LogP) is 4.46. The van der Waals surface area contributed by atoms with E-state index in [2.05, 4.69) is 23.5 Å². The number of nitrogens with zero attached hydrogens (tertiary/aromatic N) is 2. The van der Waals surface area contributed by atoms with Crippen LogP contribution in [0.15, 0.2) is 41.8 Å². The molecule has 1 aliphatic rings. The second-order valence-electron chi connectivity index (χ2n) is 8.97. The standard InChI is InChI=1S/C25H29N5O3S2/c1-14(2)15-9-11-17(12-10-15)30(25(33)22-19(26)20(23(27)31)29-35-22)21(18-8-5-13-34-18)24(32)28-16-6-3-4-7-16/h5,8-14,16,21H,3-4,6-7,26H2,1-2H3,(H2,27,31)(H,28,32)/t21-/m0/s1. The van der Waals surface area contributed by atoms with Crippen LogP contribution in [0.1, 0.15) is 82.1 Å². The maximum atomic E-state index is 14.0. The summed E-state index contributed by atoms with van der Waals surface area (Å²) in [6.07, 6.45) is 3.98. The normalized spacial score (nSPS) is 14.7. The molecule has 0 spiro atoms. The zero-order chi connectivity index (χ0) is 25.1. The second kappa shape index (κ2) is 10.6. The zero-order valence-corrected chi connectivity index (χ0v) is 21.3. The van der Waals surface area contributed by atoms with Gasteiger partial charge in [-0.15, -0.1) is 11.3 Å². The van der Waals surface area contributed by atoms with Crippen LogP contribution in [-0.2, 0) is 4.79 Å². The van der Waals surface area contributed by atoms with Crippen LogP contribution in [0.25, 0.3) is 0 Å². The first-order valence-electron chi connectivity index (χ1n) is 11.6. The molecular weight excluding hydrogens is 482 g/mol. The highest BCUT2D eigenvalue weighted by molar-refractivity contribution is 7.10. The van der Waals surface area contributed by atoms with Gasteiger partial charge in [0.2, 0.25) is 5.91 Å². The van der Waals surface area contributed by atoms with Gasteiger partial charge in [-0.25, -0.2) is 0 Å². The number of nitrogens with one attached hydrogen (secondary N) is 1. The number of carbonyl (C=O) groups is 3. The summed E-state index contributed by atoms with van der Waals surface area (Å²) in [4.78, 5) is 41.7. The van der Waals surface area contributed by atoms with Crippen molar-refractivity contribution in [3.63, 3.8) is 0 Å². The molecule has 1 fully saturated rings. The number of hydrogen-bond donors (Lipinski definition) is 3. The van der Waals surface area contributed by atoms with E-state index >= 15 is 0 Å². The van der Waals surface area contributed by atoms with Gasteiger partial charge in [-0.2, -0.15) is 4.37 Å². The molecule has 8 nitrogen and oxygen atoms in total. The van der Waals surface area contributed by atoms with Gasteiger partial charge < -0.3 is 16.8 Å². The number of primary amides is 1. The third-order valence-corrected chi connectivity index (χ3v) is 8.01. The number of aromatic nitrogens is 1. The lowest BCUT2D eigenvalue weighted by Crippen LogP contribution is -2.46. The third kappa shape index (κ3) is 5.23. The summed E-state index contributed by atoms with van der Waals surface area (Å²) in [6, 6.07) is 10.4. The van der Waals surface area contributed by atoms with Crippen LogP contribution < -0.4 is 21.7 Å². The molecule has 0 unspecified atom stereocenters. The highest BCUT2D eigenvalue weighted by Crippen LogP contribution is 2.35. The van der Waals surface area contributed by atoms with E-state index in [1.807, 2.05) is 41.8 Å². The van der Waals surface area contributed by atoms with Gasteiger partial charge in [0, 0.05) is 16.6 Å². The number of rotatable bonds is 8. The number of benzene rings is 1. The van der Waals surface area contributed by atoms with Crippen molar-refractivity contribution in [2.75, 3.05) is 10.6 Å². The van der Waals surface area contributed by atoms with Crippen LogP contribution in [-0.4, -0.2) is 28.1 Å². The number of anilines is 2. The molecule has 35 heavy (non-hydrogen) atoms. The predicted molar refractivity (Wildman–Crippen MR) is 140 cm³/mol. The van der Waals surface area contributed by atoms with Crippen LogP contribution in [0.5, 0.6) is 0 Å². The zero-order valence-electron chi connectivity index (χ0n) is 19.7. The summed E-state index contributed by atoms with van der Waals surface area (Å²) in [5.74, 6) is -1.26. The first-order valence-corrected chi connectivity index (χ1v) is 13.3. The molecule has 3 amide bonds. The van der Waals surface area contributed by atoms with Crippen molar-refractivity contribution in [2.45, 2.75) is 57.5 Å². The minimum absolute atomic E-state index is 0.0713. The lowest BCUT2D eigenvalue weighted by atomic mass is 10.0. The Morgan fingerprint density at radius 1 is 1.11 bits per heavy atom. The number of thiophene rings is 1. The molecule has 1 saturated carbocycles. The fourth-order valence-corrected chi connectivity index (χ4v) is 5.87. The summed E-state index contributed by atoms with van der Waals surface area (Å²) in [5.41, 5.74) is 12.9. The Hall–Kier alpha value is -3.24. The van der Waals surface area contributed by atoms with Crippen molar-refractivity contribution in [3.8, 4) is 0 Å². The Labute approximate surface area is 212 Å². The van der Waals surface area contributed by atoms with Gasteiger partial charge in [-0.1, -0.05) is 44.9 Å². The van der Waals surface area contributed by atoms with E-state index in [4.69, 9.17) is 11.5 Å². The molecule has 2 aromatic heterocycles. The Bertz CT molecular complexity index is 1200. The first-order chi connectivity index (χ1) is 16.8. The fraction of sp³-hybridized carbons (Fsp3) is 0.360. The monoisotopic (exact) mass is 511 g/mol. The summed E-state index contributed by atoms with van der Waals surface area (Å²) < 4.78 is 4.00. The highest BCUT2D eigenvalue weighted by Gasteiger charge is 2.37. The van der Waals surface area contributed by atoms with E-state index < -0.39 is 17.9 Å². The van der Waals surface area contributed by atoms with E-state index in [0.717, 1.165) is 47.7 Å². The average Bonchev–Trinajstić information content (AvgIpc) is 3.59. The second-order valence-corrected chi connectivity index (χ2v) is 10.7. The largest absolute Gasteiger partial charge is 0.395 e. The molecule has 2 heterocycles. The average molecular weight is 512 g/mol. The first kappa shape index (κ1) is 24.9. The summed E-state index contributed by atoms with van der Waals surface area (Å²) >= 11 is 2.21. The highest BCUT2D eigenvalue weighted by atomic mass is 32.1. The number of nitrogen functional groups attached to an aromatic ring is 1. The molecule has 3 aromatic rings. The Morgan fingerprint density at radius 3 is 2.34 bits per heavy atom. The summed E-state index contributed by atoms with van der Waals surface area (Å²) in [5, 5.41) is 5.02. The Balaban J connectivity index is 1.81. The SMILES string of the molecule is CC(C)c1ccc(N(C(=O)c2snc(C(N)=O)c2N)[C@H](C(=O)NC2CCCC2)c2cccs2)cc1.